The summed E-state index contributed by atoms with van der Waals surface area (Å²) >= 11 is 0. The van der Waals surface area contributed by atoms with Gasteiger partial charge in [-0.25, -0.2) is 0 Å². The number of rotatable bonds is 7. The normalized spacial score (nSPS) is 21.6. The quantitative estimate of drug-likeness (QED) is 0.680. The van der Waals surface area contributed by atoms with Crippen molar-refractivity contribution in [1.82, 2.24) is 5.32 Å². The van der Waals surface area contributed by atoms with Crippen LogP contribution in [-0.2, 0) is 4.74 Å². The molecule has 0 amide bonds. The SMILES string of the molecule is CCNC(C1CCC1)C(CC)OCC. The Morgan fingerprint density at radius 1 is 1.29 bits per heavy atom. The van der Waals surface area contributed by atoms with E-state index in [9.17, 15) is 0 Å². The van der Waals surface area contributed by atoms with Gasteiger partial charge in [-0.2, -0.15) is 0 Å². The molecule has 0 aromatic heterocycles. The third kappa shape index (κ3) is 2.96. The molecule has 1 fully saturated rings. The van der Waals surface area contributed by atoms with Crippen molar-refractivity contribution in [2.24, 2.45) is 5.92 Å². The first-order valence-electron chi connectivity index (χ1n) is 6.18. The summed E-state index contributed by atoms with van der Waals surface area (Å²) in [5.41, 5.74) is 0. The smallest absolute Gasteiger partial charge is 0.0727 e. The Morgan fingerprint density at radius 3 is 2.36 bits per heavy atom. The van der Waals surface area contributed by atoms with E-state index in [-0.39, 0.29) is 0 Å². The molecule has 1 aliphatic rings. The minimum Gasteiger partial charge on any atom is -0.377 e. The number of likely N-dealkylation sites (N-methyl/N-ethyl adjacent to an activating group) is 1. The van der Waals surface area contributed by atoms with Crippen molar-refractivity contribution < 1.29 is 4.74 Å². The van der Waals surface area contributed by atoms with Gasteiger partial charge in [0.2, 0.25) is 0 Å². The van der Waals surface area contributed by atoms with E-state index in [4.69, 9.17) is 4.74 Å². The van der Waals surface area contributed by atoms with Crippen molar-refractivity contribution in [1.29, 1.82) is 0 Å². The molecule has 14 heavy (non-hydrogen) atoms. The molecule has 1 rings (SSSR count). The minimum absolute atomic E-state index is 0.422. The van der Waals surface area contributed by atoms with Crippen LogP contribution in [0.2, 0.25) is 0 Å². The van der Waals surface area contributed by atoms with Gasteiger partial charge in [-0.05, 0) is 38.6 Å². The molecule has 0 radical (unpaired) electrons. The van der Waals surface area contributed by atoms with Crippen molar-refractivity contribution >= 4 is 0 Å². The highest BCUT2D eigenvalue weighted by atomic mass is 16.5. The van der Waals surface area contributed by atoms with Gasteiger partial charge in [0.15, 0.2) is 0 Å². The number of hydrogen-bond acceptors (Lipinski definition) is 2. The third-order valence-corrected chi connectivity index (χ3v) is 3.28. The molecule has 0 aliphatic heterocycles. The highest BCUT2D eigenvalue weighted by Crippen LogP contribution is 2.32. The van der Waals surface area contributed by atoms with Crippen LogP contribution in [0.4, 0.5) is 0 Å². The van der Waals surface area contributed by atoms with Gasteiger partial charge in [-0.1, -0.05) is 20.3 Å². The average Bonchev–Trinajstić information content (AvgIpc) is 2.11. The minimum atomic E-state index is 0.422. The highest BCUT2D eigenvalue weighted by molar-refractivity contribution is 4.87. The molecule has 2 nitrogen and oxygen atoms in total. The number of ether oxygens (including phenoxy) is 1. The molecular weight excluding hydrogens is 174 g/mol. The Hall–Kier alpha value is -0.0800. The molecule has 0 saturated heterocycles. The summed E-state index contributed by atoms with van der Waals surface area (Å²) < 4.78 is 5.80. The lowest BCUT2D eigenvalue weighted by molar-refractivity contribution is 0.00252. The first kappa shape index (κ1) is 12.0. The van der Waals surface area contributed by atoms with Gasteiger partial charge < -0.3 is 10.1 Å². The summed E-state index contributed by atoms with van der Waals surface area (Å²) in [6, 6.07) is 0.596. The Labute approximate surface area is 88.4 Å². The third-order valence-electron chi connectivity index (χ3n) is 3.28. The van der Waals surface area contributed by atoms with Crippen LogP contribution in [0.25, 0.3) is 0 Å². The van der Waals surface area contributed by atoms with Crippen LogP contribution in [-0.4, -0.2) is 25.3 Å². The Kier molecular flexibility index (Phi) is 5.49. The Balaban J connectivity index is 2.44. The van der Waals surface area contributed by atoms with E-state index in [1.807, 2.05) is 0 Å². The summed E-state index contributed by atoms with van der Waals surface area (Å²) in [6.07, 6.45) is 5.74. The van der Waals surface area contributed by atoms with E-state index < -0.39 is 0 Å². The van der Waals surface area contributed by atoms with Gasteiger partial charge >= 0.3 is 0 Å². The molecule has 2 atom stereocenters. The lowest BCUT2D eigenvalue weighted by Crippen LogP contribution is -2.48. The molecule has 2 heteroatoms. The zero-order valence-electron chi connectivity index (χ0n) is 9.88. The van der Waals surface area contributed by atoms with Crippen LogP contribution in [0, 0.1) is 5.92 Å². The van der Waals surface area contributed by atoms with Crippen molar-refractivity contribution in [2.45, 2.75) is 58.6 Å². The molecule has 0 aromatic carbocycles. The molecule has 1 N–H and O–H groups in total. The molecule has 0 aromatic rings. The summed E-state index contributed by atoms with van der Waals surface area (Å²) in [6.45, 7) is 8.40. The van der Waals surface area contributed by atoms with E-state index in [0.29, 0.717) is 12.1 Å². The van der Waals surface area contributed by atoms with Crippen molar-refractivity contribution in [2.75, 3.05) is 13.2 Å². The first-order valence-corrected chi connectivity index (χ1v) is 6.18. The lowest BCUT2D eigenvalue weighted by Gasteiger charge is -2.38. The summed E-state index contributed by atoms with van der Waals surface area (Å²) in [5.74, 6) is 0.867. The number of hydrogen-bond donors (Lipinski definition) is 1. The fourth-order valence-electron chi connectivity index (χ4n) is 2.33. The fraction of sp³-hybridized carbons (Fsp3) is 1.00. The molecule has 0 bridgehead atoms. The maximum Gasteiger partial charge on any atom is 0.0727 e. The van der Waals surface area contributed by atoms with Crippen molar-refractivity contribution in [3.05, 3.63) is 0 Å². The van der Waals surface area contributed by atoms with E-state index in [2.05, 4.69) is 26.1 Å². The van der Waals surface area contributed by atoms with Gasteiger partial charge in [0.1, 0.15) is 0 Å². The fourth-order valence-corrected chi connectivity index (χ4v) is 2.33. The second-order valence-electron chi connectivity index (χ2n) is 4.18. The monoisotopic (exact) mass is 199 g/mol. The van der Waals surface area contributed by atoms with Gasteiger partial charge in [0, 0.05) is 12.6 Å². The van der Waals surface area contributed by atoms with E-state index in [0.717, 1.165) is 25.5 Å². The molecule has 2 unspecified atom stereocenters. The van der Waals surface area contributed by atoms with Crippen LogP contribution >= 0.6 is 0 Å². The lowest BCUT2D eigenvalue weighted by atomic mass is 9.77. The topological polar surface area (TPSA) is 21.3 Å². The van der Waals surface area contributed by atoms with Crippen LogP contribution in [0.15, 0.2) is 0 Å². The average molecular weight is 199 g/mol. The second kappa shape index (κ2) is 6.41. The molecule has 0 spiro atoms. The number of nitrogens with one attached hydrogen (secondary N) is 1. The zero-order chi connectivity index (χ0) is 10.4. The summed E-state index contributed by atoms with van der Waals surface area (Å²) in [5, 5.41) is 3.60. The van der Waals surface area contributed by atoms with Crippen LogP contribution in [0.1, 0.15) is 46.5 Å². The zero-order valence-corrected chi connectivity index (χ0v) is 9.88. The highest BCUT2D eigenvalue weighted by Gasteiger charge is 2.32. The maximum atomic E-state index is 5.80. The van der Waals surface area contributed by atoms with Gasteiger partial charge in [-0.3, -0.25) is 0 Å². The van der Waals surface area contributed by atoms with Crippen molar-refractivity contribution in [3.63, 3.8) is 0 Å². The molecule has 1 saturated carbocycles. The van der Waals surface area contributed by atoms with Gasteiger partial charge in [0.25, 0.3) is 0 Å². The van der Waals surface area contributed by atoms with E-state index in [1.165, 1.54) is 19.3 Å². The molecule has 1 aliphatic carbocycles. The van der Waals surface area contributed by atoms with Crippen LogP contribution in [0.5, 0.6) is 0 Å². The standard InChI is InChI=1S/C12H25NO/c1-4-11(14-6-3)12(13-5-2)10-8-7-9-10/h10-13H,4-9H2,1-3H3. The van der Waals surface area contributed by atoms with Gasteiger partial charge in [0.05, 0.1) is 6.10 Å². The van der Waals surface area contributed by atoms with Crippen LogP contribution in [0.3, 0.4) is 0 Å². The van der Waals surface area contributed by atoms with E-state index >= 15 is 0 Å². The Bertz CT molecular complexity index is 145. The van der Waals surface area contributed by atoms with Gasteiger partial charge in [-0.15, -0.1) is 0 Å². The molecule has 84 valence electrons. The predicted molar refractivity (Wildman–Crippen MR) is 60.5 cm³/mol. The van der Waals surface area contributed by atoms with Crippen LogP contribution < -0.4 is 5.32 Å². The Morgan fingerprint density at radius 2 is 2.00 bits per heavy atom. The van der Waals surface area contributed by atoms with Crippen molar-refractivity contribution in [3.8, 4) is 0 Å². The molecule has 0 heterocycles. The second-order valence-corrected chi connectivity index (χ2v) is 4.18. The summed E-state index contributed by atoms with van der Waals surface area (Å²) in [4.78, 5) is 0. The predicted octanol–water partition coefficient (Wildman–Crippen LogP) is 2.58. The largest absolute Gasteiger partial charge is 0.377 e. The first-order chi connectivity index (χ1) is 6.83. The van der Waals surface area contributed by atoms with E-state index in [1.54, 1.807) is 0 Å². The molecular formula is C12H25NO. The summed E-state index contributed by atoms with van der Waals surface area (Å²) in [7, 11) is 0. The maximum absolute atomic E-state index is 5.80.